The second-order valence-electron chi connectivity index (χ2n) is 6.19. The predicted octanol–water partition coefficient (Wildman–Crippen LogP) is 3.51. The molecule has 0 saturated carbocycles. The van der Waals surface area contributed by atoms with Gasteiger partial charge in [0.15, 0.2) is 0 Å². The molecular weight excluding hydrogens is 382 g/mol. The molecule has 152 valence electrons. The molecule has 1 amide bonds. The Labute approximate surface area is 166 Å². The van der Waals surface area contributed by atoms with Gasteiger partial charge in [0.05, 0.1) is 28.1 Å². The van der Waals surface area contributed by atoms with Crippen LogP contribution in [-0.2, 0) is 4.74 Å². The summed E-state index contributed by atoms with van der Waals surface area (Å²) in [5, 5.41) is 22.2. The van der Waals surface area contributed by atoms with Gasteiger partial charge in [0.2, 0.25) is 0 Å². The van der Waals surface area contributed by atoms with E-state index in [9.17, 15) is 29.8 Å². The zero-order valence-electron chi connectivity index (χ0n) is 16.0. The van der Waals surface area contributed by atoms with Gasteiger partial charge in [0.1, 0.15) is 0 Å². The Hall–Kier alpha value is -3.82. The van der Waals surface area contributed by atoms with Crippen molar-refractivity contribution in [2.24, 2.45) is 0 Å². The topological polar surface area (TPSA) is 133 Å². The summed E-state index contributed by atoms with van der Waals surface area (Å²) in [7, 11) is 1.47. The van der Waals surface area contributed by atoms with Gasteiger partial charge in [0.25, 0.3) is 17.3 Å². The highest BCUT2D eigenvalue weighted by molar-refractivity contribution is 5.99. The molecule has 2 aromatic carbocycles. The molecule has 2 aromatic rings. The lowest BCUT2D eigenvalue weighted by atomic mass is 10.0. The van der Waals surface area contributed by atoms with Crippen molar-refractivity contribution in [2.75, 3.05) is 13.7 Å². The Bertz CT molecular complexity index is 974. The van der Waals surface area contributed by atoms with E-state index >= 15 is 0 Å². The number of esters is 1. The van der Waals surface area contributed by atoms with E-state index in [0.717, 1.165) is 12.1 Å². The fraction of sp³-hybridized carbons (Fsp3) is 0.263. The van der Waals surface area contributed by atoms with Crippen molar-refractivity contribution < 1.29 is 24.2 Å². The minimum absolute atomic E-state index is 0.0676. The van der Waals surface area contributed by atoms with Crippen LogP contribution in [-0.4, -0.2) is 40.3 Å². The van der Waals surface area contributed by atoms with Crippen molar-refractivity contribution >= 4 is 23.3 Å². The molecular formula is C19H19N3O7. The fourth-order valence-corrected chi connectivity index (χ4v) is 2.67. The van der Waals surface area contributed by atoms with Crippen LogP contribution in [0.5, 0.6) is 0 Å². The molecule has 1 unspecified atom stereocenters. The van der Waals surface area contributed by atoms with Crippen LogP contribution in [0.1, 0.15) is 46.2 Å². The Morgan fingerprint density at radius 2 is 1.66 bits per heavy atom. The van der Waals surface area contributed by atoms with E-state index in [1.165, 1.54) is 36.2 Å². The number of ether oxygens (including phenoxy) is 1. The van der Waals surface area contributed by atoms with E-state index in [1.807, 2.05) is 0 Å². The second-order valence-corrected chi connectivity index (χ2v) is 6.19. The summed E-state index contributed by atoms with van der Waals surface area (Å²) >= 11 is 0. The van der Waals surface area contributed by atoms with Crippen molar-refractivity contribution in [3.8, 4) is 0 Å². The number of carbonyl (C=O) groups is 2. The quantitative estimate of drug-likeness (QED) is 0.394. The molecule has 0 aliphatic rings. The molecule has 2 rings (SSSR count). The first-order valence-corrected chi connectivity index (χ1v) is 8.63. The molecule has 0 spiro atoms. The van der Waals surface area contributed by atoms with Crippen molar-refractivity contribution in [3.63, 3.8) is 0 Å². The van der Waals surface area contributed by atoms with E-state index in [-0.39, 0.29) is 23.4 Å². The molecule has 10 heteroatoms. The number of amides is 1. The van der Waals surface area contributed by atoms with Crippen LogP contribution in [0.2, 0.25) is 0 Å². The summed E-state index contributed by atoms with van der Waals surface area (Å²) in [5.74, 6) is -1.36. The van der Waals surface area contributed by atoms with Crippen LogP contribution in [0.4, 0.5) is 11.4 Å². The number of nitro benzene ring substituents is 2. The van der Waals surface area contributed by atoms with Gasteiger partial charge in [-0.1, -0.05) is 12.1 Å². The molecule has 0 saturated heterocycles. The fourth-order valence-electron chi connectivity index (χ4n) is 2.67. The monoisotopic (exact) mass is 401 g/mol. The van der Waals surface area contributed by atoms with E-state index in [1.54, 1.807) is 19.9 Å². The third-order valence-electron chi connectivity index (χ3n) is 4.35. The highest BCUT2D eigenvalue weighted by atomic mass is 16.6. The standard InChI is InChI=1S/C19H19N3O7/c1-4-29-19(24)15-8-14(10-17(11-15)22(27)28)18(23)20(3)12(2)13-6-5-7-16(9-13)21(25)26/h5-12H,4H2,1-3H3. The Balaban J connectivity index is 2.39. The molecule has 0 N–H and O–H groups in total. The number of rotatable bonds is 7. The molecule has 0 aromatic heterocycles. The Morgan fingerprint density at radius 1 is 1.03 bits per heavy atom. The van der Waals surface area contributed by atoms with Gasteiger partial charge >= 0.3 is 5.97 Å². The molecule has 0 bridgehead atoms. The smallest absolute Gasteiger partial charge is 0.338 e. The zero-order chi connectivity index (χ0) is 21.7. The first kappa shape index (κ1) is 21.5. The van der Waals surface area contributed by atoms with Gasteiger partial charge in [-0.05, 0) is 25.5 Å². The van der Waals surface area contributed by atoms with Gasteiger partial charge in [-0.2, -0.15) is 0 Å². The highest BCUT2D eigenvalue weighted by Crippen LogP contribution is 2.26. The van der Waals surface area contributed by atoms with Gasteiger partial charge in [-0.25, -0.2) is 4.79 Å². The van der Waals surface area contributed by atoms with Crippen LogP contribution >= 0.6 is 0 Å². The van der Waals surface area contributed by atoms with Crippen LogP contribution < -0.4 is 0 Å². The summed E-state index contributed by atoms with van der Waals surface area (Å²) in [6.45, 7) is 3.34. The first-order valence-electron chi connectivity index (χ1n) is 8.63. The van der Waals surface area contributed by atoms with E-state index in [4.69, 9.17) is 4.74 Å². The maximum atomic E-state index is 12.9. The molecule has 1 atom stereocenters. The van der Waals surface area contributed by atoms with Crippen molar-refractivity contribution in [3.05, 3.63) is 79.4 Å². The lowest BCUT2D eigenvalue weighted by Gasteiger charge is -2.25. The minimum atomic E-state index is -0.778. The number of nitro groups is 2. The highest BCUT2D eigenvalue weighted by Gasteiger charge is 2.24. The SMILES string of the molecule is CCOC(=O)c1cc(C(=O)N(C)C(C)c2cccc([N+](=O)[O-])c2)cc([N+](=O)[O-])c1. The maximum Gasteiger partial charge on any atom is 0.338 e. The number of benzene rings is 2. The van der Waals surface area contributed by atoms with Crippen molar-refractivity contribution in [1.82, 2.24) is 4.90 Å². The summed E-state index contributed by atoms with van der Waals surface area (Å²) < 4.78 is 4.86. The summed E-state index contributed by atoms with van der Waals surface area (Å²) in [5.41, 5.74) is -0.195. The third kappa shape index (κ3) is 4.92. The first-order chi connectivity index (χ1) is 13.6. The van der Waals surface area contributed by atoms with Crippen molar-refractivity contribution in [1.29, 1.82) is 0 Å². The average molecular weight is 401 g/mol. The molecule has 29 heavy (non-hydrogen) atoms. The molecule has 0 aliphatic carbocycles. The molecule has 10 nitrogen and oxygen atoms in total. The number of hydrogen-bond acceptors (Lipinski definition) is 7. The number of carbonyl (C=O) groups excluding carboxylic acids is 2. The van der Waals surface area contributed by atoms with Gasteiger partial charge in [0, 0.05) is 36.9 Å². The van der Waals surface area contributed by atoms with E-state index < -0.39 is 33.5 Å². The largest absolute Gasteiger partial charge is 0.462 e. The maximum absolute atomic E-state index is 12.9. The lowest BCUT2D eigenvalue weighted by Crippen LogP contribution is -2.30. The Kier molecular flexibility index (Phi) is 6.60. The number of hydrogen-bond donors (Lipinski definition) is 0. The van der Waals surface area contributed by atoms with E-state index in [0.29, 0.717) is 5.56 Å². The van der Waals surface area contributed by atoms with Gasteiger partial charge in [-0.3, -0.25) is 25.0 Å². The Morgan fingerprint density at radius 3 is 2.24 bits per heavy atom. The van der Waals surface area contributed by atoms with Gasteiger partial charge < -0.3 is 9.64 Å². The van der Waals surface area contributed by atoms with Crippen LogP contribution in [0.25, 0.3) is 0 Å². The molecule has 0 heterocycles. The predicted molar refractivity (Wildman–Crippen MR) is 103 cm³/mol. The zero-order valence-corrected chi connectivity index (χ0v) is 16.0. The van der Waals surface area contributed by atoms with Crippen LogP contribution in [0.15, 0.2) is 42.5 Å². The normalized spacial score (nSPS) is 11.4. The second kappa shape index (κ2) is 8.91. The van der Waals surface area contributed by atoms with Crippen LogP contribution in [0, 0.1) is 20.2 Å². The minimum Gasteiger partial charge on any atom is -0.462 e. The van der Waals surface area contributed by atoms with Gasteiger partial charge in [-0.15, -0.1) is 0 Å². The molecule has 0 aliphatic heterocycles. The lowest BCUT2D eigenvalue weighted by molar-refractivity contribution is -0.385. The number of non-ortho nitro benzene ring substituents is 2. The molecule has 0 radical (unpaired) electrons. The summed E-state index contributed by atoms with van der Waals surface area (Å²) in [4.78, 5) is 47.1. The third-order valence-corrected chi connectivity index (χ3v) is 4.35. The molecule has 0 fully saturated rings. The summed E-state index contributed by atoms with van der Waals surface area (Å²) in [6, 6.07) is 8.61. The van der Waals surface area contributed by atoms with E-state index in [2.05, 4.69) is 0 Å². The van der Waals surface area contributed by atoms with Crippen LogP contribution in [0.3, 0.4) is 0 Å². The average Bonchev–Trinajstić information content (AvgIpc) is 2.71. The summed E-state index contributed by atoms with van der Waals surface area (Å²) in [6.07, 6.45) is 0. The number of nitrogens with zero attached hydrogens (tertiary/aromatic N) is 3. The van der Waals surface area contributed by atoms with Crippen molar-refractivity contribution in [2.45, 2.75) is 19.9 Å².